The molecule has 1 atom stereocenters. The first-order valence-corrected chi connectivity index (χ1v) is 4.96. The lowest BCUT2D eigenvalue weighted by atomic mass is 9.93. The zero-order valence-electron chi connectivity index (χ0n) is 8.27. The van der Waals surface area contributed by atoms with Crippen LogP contribution in [0.4, 0.5) is 0 Å². The van der Waals surface area contributed by atoms with Crippen LogP contribution in [0.2, 0.25) is 0 Å². The zero-order valence-corrected chi connectivity index (χ0v) is 8.27. The van der Waals surface area contributed by atoms with Crippen molar-refractivity contribution in [1.29, 1.82) is 0 Å². The second-order valence-corrected chi connectivity index (χ2v) is 3.38. The summed E-state index contributed by atoms with van der Waals surface area (Å²) < 4.78 is 0. The zero-order chi connectivity index (χ0) is 9.80. The largest absolute Gasteiger partial charge is 0.282 e. The number of benzene rings is 1. The average molecular weight is 186 g/mol. The van der Waals surface area contributed by atoms with E-state index in [1.54, 1.807) is 6.20 Å². The molecule has 0 spiro atoms. The van der Waals surface area contributed by atoms with Gasteiger partial charge in [-0.15, -0.1) is 0 Å². The third-order valence-electron chi connectivity index (χ3n) is 2.51. The Hall–Kier alpha value is -1.57. The summed E-state index contributed by atoms with van der Waals surface area (Å²) in [6.07, 6.45) is 2.90. The van der Waals surface area contributed by atoms with Gasteiger partial charge in [0.1, 0.15) is 0 Å². The molecule has 0 radical (unpaired) electrons. The topological polar surface area (TPSA) is 28.7 Å². The van der Waals surface area contributed by atoms with E-state index in [-0.39, 0.29) is 0 Å². The molecule has 0 amide bonds. The minimum Gasteiger partial charge on any atom is -0.282 e. The number of rotatable bonds is 3. The maximum absolute atomic E-state index is 3.99. The molecule has 1 unspecified atom stereocenters. The molecule has 1 N–H and O–H groups in total. The maximum atomic E-state index is 3.99. The third-order valence-corrected chi connectivity index (χ3v) is 2.51. The second-order valence-electron chi connectivity index (χ2n) is 3.38. The summed E-state index contributed by atoms with van der Waals surface area (Å²) in [7, 11) is 0. The Kier molecular flexibility index (Phi) is 2.63. The number of hydrogen-bond acceptors (Lipinski definition) is 1. The molecule has 0 aliphatic heterocycles. The van der Waals surface area contributed by atoms with Crippen molar-refractivity contribution >= 4 is 0 Å². The molecule has 2 nitrogen and oxygen atoms in total. The molecule has 1 aromatic carbocycles. The van der Waals surface area contributed by atoms with Crippen LogP contribution in [0.25, 0.3) is 0 Å². The van der Waals surface area contributed by atoms with Crippen LogP contribution in [-0.2, 0) is 0 Å². The lowest BCUT2D eigenvalue weighted by Crippen LogP contribution is -1.99. The van der Waals surface area contributed by atoms with Crippen molar-refractivity contribution in [3.63, 3.8) is 0 Å². The standard InChI is InChI=1S/C12H14N2/c1-2-11(12-8-9-13-14-12)10-6-4-3-5-7-10/h3-9,11H,2H2,1H3,(H,13,14). The summed E-state index contributed by atoms with van der Waals surface area (Å²) in [5, 5.41) is 7.03. The van der Waals surface area contributed by atoms with Gasteiger partial charge in [-0.05, 0) is 18.1 Å². The van der Waals surface area contributed by atoms with Crippen LogP contribution in [0, 0.1) is 0 Å². The number of hydrogen-bond donors (Lipinski definition) is 1. The molecule has 2 heteroatoms. The fraction of sp³-hybridized carbons (Fsp3) is 0.250. The van der Waals surface area contributed by atoms with Gasteiger partial charge >= 0.3 is 0 Å². The molecule has 1 aromatic heterocycles. The summed E-state index contributed by atoms with van der Waals surface area (Å²) in [5.41, 5.74) is 2.54. The first-order valence-electron chi connectivity index (χ1n) is 4.96. The van der Waals surface area contributed by atoms with Crippen molar-refractivity contribution in [2.45, 2.75) is 19.3 Å². The van der Waals surface area contributed by atoms with Gasteiger partial charge in [0.25, 0.3) is 0 Å². The third kappa shape index (κ3) is 1.69. The SMILES string of the molecule is CCC(c1ccccc1)c1ccn[nH]1. The quantitative estimate of drug-likeness (QED) is 0.784. The maximum Gasteiger partial charge on any atom is 0.0490 e. The number of nitrogens with zero attached hydrogens (tertiary/aromatic N) is 1. The number of H-pyrrole nitrogens is 1. The van der Waals surface area contributed by atoms with Crippen molar-refractivity contribution in [2.75, 3.05) is 0 Å². The van der Waals surface area contributed by atoms with Gasteiger partial charge in [0.15, 0.2) is 0 Å². The van der Waals surface area contributed by atoms with Crippen LogP contribution in [0.15, 0.2) is 42.6 Å². The van der Waals surface area contributed by atoms with Gasteiger partial charge in [-0.2, -0.15) is 5.10 Å². The highest BCUT2D eigenvalue weighted by atomic mass is 15.1. The Morgan fingerprint density at radius 1 is 1.21 bits per heavy atom. The molecule has 72 valence electrons. The molecule has 0 saturated carbocycles. The summed E-state index contributed by atoms with van der Waals surface area (Å²) in [6, 6.07) is 12.6. The number of nitrogens with one attached hydrogen (secondary N) is 1. The minimum absolute atomic E-state index is 0.443. The van der Waals surface area contributed by atoms with Gasteiger partial charge in [0.05, 0.1) is 0 Å². The van der Waals surface area contributed by atoms with Crippen molar-refractivity contribution < 1.29 is 0 Å². The van der Waals surface area contributed by atoms with Crippen LogP contribution >= 0.6 is 0 Å². The van der Waals surface area contributed by atoms with Gasteiger partial charge in [-0.25, -0.2) is 0 Å². The lowest BCUT2D eigenvalue weighted by Gasteiger charge is -2.12. The van der Waals surface area contributed by atoms with Gasteiger partial charge in [-0.1, -0.05) is 37.3 Å². The van der Waals surface area contributed by atoms with Gasteiger partial charge < -0.3 is 0 Å². The predicted octanol–water partition coefficient (Wildman–Crippen LogP) is 2.95. The van der Waals surface area contributed by atoms with Gasteiger partial charge in [0, 0.05) is 17.8 Å². The number of aromatic nitrogens is 2. The van der Waals surface area contributed by atoms with Crippen LogP contribution < -0.4 is 0 Å². The molecule has 2 aromatic rings. The molecule has 2 rings (SSSR count). The molecule has 0 aliphatic carbocycles. The molecule has 14 heavy (non-hydrogen) atoms. The second kappa shape index (κ2) is 4.09. The Labute approximate surface area is 84.0 Å². The Balaban J connectivity index is 2.31. The summed E-state index contributed by atoms with van der Waals surface area (Å²) >= 11 is 0. The van der Waals surface area contributed by atoms with Crippen LogP contribution in [0.5, 0.6) is 0 Å². The van der Waals surface area contributed by atoms with E-state index in [1.807, 2.05) is 12.1 Å². The summed E-state index contributed by atoms with van der Waals surface area (Å²) in [4.78, 5) is 0. The highest BCUT2D eigenvalue weighted by molar-refractivity contribution is 5.27. The minimum atomic E-state index is 0.443. The van der Waals surface area contributed by atoms with Gasteiger partial charge in [-0.3, -0.25) is 5.10 Å². The van der Waals surface area contributed by atoms with E-state index in [1.165, 1.54) is 11.3 Å². The molecule has 0 saturated heterocycles. The molecule has 0 fully saturated rings. The first-order chi connectivity index (χ1) is 6.92. The highest BCUT2D eigenvalue weighted by Crippen LogP contribution is 2.25. The fourth-order valence-corrected chi connectivity index (χ4v) is 1.78. The van der Waals surface area contributed by atoms with E-state index in [0.717, 1.165) is 6.42 Å². The van der Waals surface area contributed by atoms with E-state index in [9.17, 15) is 0 Å². The van der Waals surface area contributed by atoms with Crippen molar-refractivity contribution in [3.8, 4) is 0 Å². The molecular weight excluding hydrogens is 172 g/mol. The molecular formula is C12H14N2. The number of aromatic amines is 1. The van der Waals surface area contributed by atoms with Crippen LogP contribution in [0.1, 0.15) is 30.5 Å². The van der Waals surface area contributed by atoms with E-state index < -0.39 is 0 Å². The van der Waals surface area contributed by atoms with E-state index in [2.05, 4.69) is 41.4 Å². The Morgan fingerprint density at radius 3 is 2.57 bits per heavy atom. The molecule has 0 bridgehead atoms. The highest BCUT2D eigenvalue weighted by Gasteiger charge is 2.11. The monoisotopic (exact) mass is 186 g/mol. The molecule has 0 aliphatic rings. The van der Waals surface area contributed by atoms with Gasteiger partial charge in [0.2, 0.25) is 0 Å². The predicted molar refractivity (Wildman–Crippen MR) is 57.2 cm³/mol. The van der Waals surface area contributed by atoms with Crippen LogP contribution in [-0.4, -0.2) is 10.2 Å². The van der Waals surface area contributed by atoms with Crippen molar-refractivity contribution in [2.24, 2.45) is 0 Å². The smallest absolute Gasteiger partial charge is 0.0490 e. The van der Waals surface area contributed by atoms with E-state index in [0.29, 0.717) is 5.92 Å². The molecule has 1 heterocycles. The van der Waals surface area contributed by atoms with E-state index in [4.69, 9.17) is 0 Å². The summed E-state index contributed by atoms with van der Waals surface area (Å²) in [5.74, 6) is 0.443. The average Bonchev–Trinajstić information content (AvgIpc) is 2.74. The summed E-state index contributed by atoms with van der Waals surface area (Å²) in [6.45, 7) is 2.19. The Morgan fingerprint density at radius 2 is 2.00 bits per heavy atom. The van der Waals surface area contributed by atoms with Crippen LogP contribution in [0.3, 0.4) is 0 Å². The Bertz CT molecular complexity index is 364. The first kappa shape index (κ1) is 9.00. The lowest BCUT2D eigenvalue weighted by molar-refractivity contribution is 0.743. The van der Waals surface area contributed by atoms with E-state index >= 15 is 0 Å². The van der Waals surface area contributed by atoms with Crippen molar-refractivity contribution in [1.82, 2.24) is 10.2 Å². The van der Waals surface area contributed by atoms with Crippen molar-refractivity contribution in [3.05, 3.63) is 53.9 Å². The fourth-order valence-electron chi connectivity index (χ4n) is 1.78. The normalized spacial score (nSPS) is 12.6.